The van der Waals surface area contributed by atoms with E-state index in [9.17, 15) is 24.9 Å². The van der Waals surface area contributed by atoms with Crippen LogP contribution in [0.4, 0.5) is 0 Å². The number of carbonyl (C=O) groups is 2. The summed E-state index contributed by atoms with van der Waals surface area (Å²) in [6, 6.07) is 8.88. The van der Waals surface area contributed by atoms with Crippen molar-refractivity contribution in [3.05, 3.63) is 47.5 Å². The van der Waals surface area contributed by atoms with Gasteiger partial charge in [0, 0.05) is 5.56 Å². The summed E-state index contributed by atoms with van der Waals surface area (Å²) < 4.78 is 32.1. The Hall–Kier alpha value is -3.38. The highest BCUT2D eigenvalue weighted by Crippen LogP contribution is 2.38. The predicted octanol–water partition coefficient (Wildman–Crippen LogP) is 0.958. The first-order valence-electron chi connectivity index (χ1n) is 10.6. The fourth-order valence-electron chi connectivity index (χ4n) is 3.49. The Morgan fingerprint density at radius 3 is 1.97 bits per heavy atom. The first-order chi connectivity index (χ1) is 16.7. The minimum Gasteiger partial charge on any atom is -0.493 e. The lowest BCUT2D eigenvalue weighted by Gasteiger charge is -2.39. The second-order valence-corrected chi connectivity index (χ2v) is 7.73. The molecule has 1 fully saturated rings. The summed E-state index contributed by atoms with van der Waals surface area (Å²) in [5.41, 5.74) is 0.554. The van der Waals surface area contributed by atoms with E-state index in [1.54, 1.807) is 0 Å². The number of hydrogen-bond acceptors (Lipinski definition) is 11. The van der Waals surface area contributed by atoms with Crippen molar-refractivity contribution < 1.29 is 53.3 Å². The molecule has 0 aromatic heterocycles. The Kier molecular flexibility index (Phi) is 8.52. The molecule has 2 aromatic rings. The van der Waals surface area contributed by atoms with Gasteiger partial charge in [-0.3, -0.25) is 4.79 Å². The number of Topliss-reactive ketones (excluding diaryl/α,β-unsaturated/α-hetero) is 1. The maximum Gasteiger partial charge on any atom is 0.338 e. The van der Waals surface area contributed by atoms with Crippen molar-refractivity contribution in [2.45, 2.75) is 37.6 Å². The number of aliphatic hydroxyl groups is 3. The molecule has 35 heavy (non-hydrogen) atoms. The summed E-state index contributed by atoms with van der Waals surface area (Å²) >= 11 is 0. The highest BCUT2D eigenvalue weighted by Gasteiger charge is 2.45. The van der Waals surface area contributed by atoms with Crippen LogP contribution in [-0.4, -0.2) is 85.7 Å². The van der Waals surface area contributed by atoms with E-state index in [0.29, 0.717) is 11.3 Å². The van der Waals surface area contributed by atoms with E-state index in [1.165, 1.54) is 64.7 Å². The maximum atomic E-state index is 12.7. The summed E-state index contributed by atoms with van der Waals surface area (Å²) in [6.45, 7) is 0.967. The second-order valence-electron chi connectivity index (χ2n) is 7.73. The Labute approximate surface area is 201 Å². The Bertz CT molecular complexity index is 1010. The molecule has 11 nitrogen and oxygen atoms in total. The maximum absolute atomic E-state index is 12.7. The van der Waals surface area contributed by atoms with Crippen LogP contribution in [0.1, 0.15) is 27.6 Å². The summed E-state index contributed by atoms with van der Waals surface area (Å²) in [7, 11) is 4.23. The lowest BCUT2D eigenvalue weighted by atomic mass is 9.99. The first-order valence-corrected chi connectivity index (χ1v) is 10.6. The molecular weight excluding hydrogens is 464 g/mol. The SMILES string of the molecule is COc1cc(C(=O)OC[C@H]2O[C@@H](Oc3ccc(C(C)=O)cc3)[C@H](O)[C@@H](O)[C@@H]2O)cc(OC)c1OC. The van der Waals surface area contributed by atoms with Crippen LogP contribution in [0.2, 0.25) is 0 Å². The van der Waals surface area contributed by atoms with Crippen LogP contribution in [-0.2, 0) is 9.47 Å². The molecule has 1 aliphatic rings. The normalized spacial score (nSPS) is 23.8. The summed E-state index contributed by atoms with van der Waals surface area (Å²) in [4.78, 5) is 24.1. The van der Waals surface area contributed by atoms with Crippen molar-refractivity contribution in [3.8, 4) is 23.0 Å². The van der Waals surface area contributed by atoms with Crippen LogP contribution >= 0.6 is 0 Å². The zero-order valence-electron chi connectivity index (χ0n) is 19.7. The molecule has 1 saturated heterocycles. The molecule has 2 aromatic carbocycles. The van der Waals surface area contributed by atoms with Gasteiger partial charge < -0.3 is 43.7 Å². The third-order valence-corrected chi connectivity index (χ3v) is 5.46. The van der Waals surface area contributed by atoms with Gasteiger partial charge in [0.25, 0.3) is 0 Å². The predicted molar refractivity (Wildman–Crippen MR) is 120 cm³/mol. The lowest BCUT2D eigenvalue weighted by Crippen LogP contribution is -2.60. The van der Waals surface area contributed by atoms with Crippen LogP contribution in [0.5, 0.6) is 23.0 Å². The quantitative estimate of drug-likeness (QED) is 0.339. The van der Waals surface area contributed by atoms with Gasteiger partial charge in [-0.05, 0) is 43.3 Å². The van der Waals surface area contributed by atoms with Gasteiger partial charge in [0.1, 0.15) is 36.8 Å². The van der Waals surface area contributed by atoms with Gasteiger partial charge in [-0.15, -0.1) is 0 Å². The molecule has 0 spiro atoms. The number of esters is 1. The van der Waals surface area contributed by atoms with Gasteiger partial charge in [-0.2, -0.15) is 0 Å². The number of ether oxygens (including phenoxy) is 6. The largest absolute Gasteiger partial charge is 0.493 e. The molecule has 3 N–H and O–H groups in total. The standard InChI is InChI=1S/C24H28O11/c1-12(25)13-5-7-15(8-6-13)34-24-21(28)20(27)19(26)18(35-24)11-33-23(29)14-9-16(30-2)22(32-4)17(10-14)31-3/h5-10,18-21,24,26-28H,11H2,1-4H3/t18-,19-,20+,21-,24-/m1/s1. The second kappa shape index (κ2) is 11.4. The summed E-state index contributed by atoms with van der Waals surface area (Å²) in [5.74, 6) is 0.143. The molecule has 1 aliphatic heterocycles. The van der Waals surface area contributed by atoms with Crippen molar-refractivity contribution in [1.82, 2.24) is 0 Å². The summed E-state index contributed by atoms with van der Waals surface area (Å²) in [6.07, 6.45) is -7.35. The number of carbonyl (C=O) groups excluding carboxylic acids is 2. The van der Waals surface area contributed by atoms with Crippen molar-refractivity contribution in [2.24, 2.45) is 0 Å². The third-order valence-electron chi connectivity index (χ3n) is 5.46. The van der Waals surface area contributed by atoms with Gasteiger partial charge >= 0.3 is 5.97 Å². The van der Waals surface area contributed by atoms with Crippen molar-refractivity contribution in [3.63, 3.8) is 0 Å². The molecule has 5 atom stereocenters. The lowest BCUT2D eigenvalue weighted by molar-refractivity contribution is -0.277. The fraction of sp³-hybridized carbons (Fsp3) is 0.417. The number of benzene rings is 2. The smallest absolute Gasteiger partial charge is 0.338 e. The first kappa shape index (κ1) is 26.2. The van der Waals surface area contributed by atoms with E-state index in [1.807, 2.05) is 0 Å². The van der Waals surface area contributed by atoms with Crippen LogP contribution < -0.4 is 18.9 Å². The minimum atomic E-state index is -1.63. The van der Waals surface area contributed by atoms with Crippen LogP contribution in [0.3, 0.4) is 0 Å². The average Bonchev–Trinajstić information content (AvgIpc) is 2.87. The highest BCUT2D eigenvalue weighted by molar-refractivity contribution is 5.94. The van der Waals surface area contributed by atoms with Crippen molar-refractivity contribution in [1.29, 1.82) is 0 Å². The minimum absolute atomic E-state index is 0.0868. The molecule has 0 radical (unpaired) electrons. The molecule has 0 unspecified atom stereocenters. The summed E-state index contributed by atoms with van der Waals surface area (Å²) in [5, 5.41) is 30.9. The molecule has 0 amide bonds. The Morgan fingerprint density at radius 1 is 0.857 bits per heavy atom. The molecule has 190 valence electrons. The highest BCUT2D eigenvalue weighted by atomic mass is 16.7. The zero-order chi connectivity index (χ0) is 25.7. The van der Waals surface area contributed by atoms with Gasteiger partial charge in [0.05, 0.1) is 26.9 Å². The number of hydrogen-bond donors (Lipinski definition) is 3. The van der Waals surface area contributed by atoms with Crippen molar-refractivity contribution >= 4 is 11.8 Å². The van der Waals surface area contributed by atoms with Gasteiger partial charge in [-0.1, -0.05) is 0 Å². The van der Waals surface area contributed by atoms with E-state index >= 15 is 0 Å². The number of aliphatic hydroxyl groups excluding tert-OH is 3. The number of ketones is 1. The zero-order valence-corrected chi connectivity index (χ0v) is 19.7. The van der Waals surface area contributed by atoms with E-state index in [-0.39, 0.29) is 28.6 Å². The third kappa shape index (κ3) is 5.82. The monoisotopic (exact) mass is 492 g/mol. The fourth-order valence-corrected chi connectivity index (χ4v) is 3.49. The van der Waals surface area contributed by atoms with E-state index in [2.05, 4.69) is 0 Å². The Morgan fingerprint density at radius 2 is 1.46 bits per heavy atom. The van der Waals surface area contributed by atoms with E-state index in [0.717, 1.165) is 0 Å². The van der Waals surface area contributed by atoms with E-state index in [4.69, 9.17) is 28.4 Å². The molecule has 0 aliphatic carbocycles. The van der Waals surface area contributed by atoms with Gasteiger partial charge in [0.15, 0.2) is 17.3 Å². The molecule has 1 heterocycles. The van der Waals surface area contributed by atoms with E-state index < -0.39 is 43.3 Å². The number of rotatable bonds is 9. The van der Waals surface area contributed by atoms with Crippen molar-refractivity contribution in [2.75, 3.05) is 27.9 Å². The van der Waals surface area contributed by atoms with Crippen LogP contribution in [0.15, 0.2) is 36.4 Å². The van der Waals surface area contributed by atoms with Crippen LogP contribution in [0, 0.1) is 0 Å². The topological polar surface area (TPSA) is 150 Å². The average molecular weight is 492 g/mol. The molecule has 3 rings (SSSR count). The van der Waals surface area contributed by atoms with Gasteiger partial charge in [0.2, 0.25) is 12.0 Å². The van der Waals surface area contributed by atoms with Gasteiger partial charge in [-0.25, -0.2) is 4.79 Å². The molecule has 0 saturated carbocycles. The van der Waals surface area contributed by atoms with Crippen LogP contribution in [0.25, 0.3) is 0 Å². The molecular formula is C24H28O11. The molecule has 0 bridgehead atoms. The molecule has 11 heteroatoms. The number of methoxy groups -OCH3 is 3. The Balaban J connectivity index is 1.70.